The van der Waals surface area contributed by atoms with Gasteiger partial charge in [-0.2, -0.15) is 0 Å². The van der Waals surface area contributed by atoms with E-state index in [-0.39, 0.29) is 39.3 Å². The van der Waals surface area contributed by atoms with Gasteiger partial charge in [0, 0.05) is 42.7 Å². The van der Waals surface area contributed by atoms with Crippen molar-refractivity contribution in [3.05, 3.63) is 246 Å². The zero-order valence-corrected chi connectivity index (χ0v) is 66.6. The number of hydrogen-bond donors (Lipinski definition) is 0. The number of amides is 6. The maximum atomic E-state index is 13.4. The Balaban J connectivity index is 0.000000199. The minimum atomic E-state index is -0.619. The van der Waals surface area contributed by atoms with Crippen LogP contribution in [-0.4, -0.2) is 152 Å². The number of hydrogen-bond acceptors (Lipinski definition) is 18. The maximum absolute atomic E-state index is 13.4. The Kier molecular flexibility index (Phi) is 28.8. The number of rotatable bonds is 27. The van der Waals surface area contributed by atoms with Crippen LogP contribution in [-0.2, 0) is 135 Å². The molecule has 0 saturated heterocycles. The molecule has 0 aliphatic carbocycles. The fraction of sp³-hybridized carbons (Fsp3) is 0.333. The summed E-state index contributed by atoms with van der Waals surface area (Å²) in [6.45, 7) is 16.8. The van der Waals surface area contributed by atoms with Gasteiger partial charge in [0.05, 0.1) is 146 Å². The van der Waals surface area contributed by atoms with Crippen LogP contribution < -0.4 is 29.4 Å². The predicted octanol–water partition coefficient (Wildman–Crippen LogP) is 12.0. The lowest BCUT2D eigenvalue weighted by Gasteiger charge is -2.31. The molecule has 0 saturated carbocycles. The first kappa shape index (κ1) is 84.8. The third-order valence-corrected chi connectivity index (χ3v) is 21.1. The lowest BCUT2D eigenvalue weighted by Crippen LogP contribution is -2.34. The van der Waals surface area contributed by atoms with E-state index in [4.69, 9.17) is 0 Å². The molecule has 14 rings (SSSR count). The van der Waals surface area contributed by atoms with Crippen LogP contribution in [0.2, 0.25) is 0 Å². The minimum absolute atomic E-state index is 0.102. The van der Waals surface area contributed by atoms with Crippen LogP contribution in [0.15, 0.2) is 146 Å². The highest BCUT2D eigenvalue weighted by atomic mass is 16.5. The van der Waals surface area contributed by atoms with Crippen molar-refractivity contribution >= 4 is 104 Å². The van der Waals surface area contributed by atoms with Gasteiger partial charge < -0.3 is 57.8 Å². The van der Waals surface area contributed by atoms with Crippen molar-refractivity contribution < 1.29 is 86.0 Å². The lowest BCUT2D eigenvalue weighted by atomic mass is 9.82. The highest BCUT2D eigenvalue weighted by Crippen LogP contribution is 2.44. The molecular weight excluding hydrogens is 1450 g/mol. The SMILES string of the molecule is CCc1c(CN2C(=O)C(=O)c3ccccc32)c(CC)c(CN2C(=O)C(=O)c3ccccc32)c(CC)c1CN1C(=O)C(=O)c2ccccc21.CCc1c(CN2C(=O)C(=O)c3ccccc32)c(CC)c(CN2C(=O)C(=O)c3ccccc32)c(CC)c1CN1C(=O)C(=O)c2ccccc21.COCCOC.COCCOC.COCCOC. The van der Waals surface area contributed by atoms with Crippen molar-refractivity contribution in [3.8, 4) is 0 Å². The molecule has 8 aromatic rings. The van der Waals surface area contributed by atoms with Gasteiger partial charge in [-0.1, -0.05) is 114 Å². The van der Waals surface area contributed by atoms with E-state index in [1.54, 1.807) is 188 Å². The number of carbonyl (C=O) groups is 12. The first-order chi connectivity index (χ1) is 55.2. The molecule has 24 heteroatoms. The molecule has 0 spiro atoms. The molecule has 0 aromatic heterocycles. The number of nitrogens with zero attached hydrogens (tertiary/aromatic N) is 6. The number of ketones is 6. The lowest BCUT2D eigenvalue weighted by molar-refractivity contribution is -0.115. The number of methoxy groups -OCH3 is 6. The molecule has 6 aliphatic heterocycles. The summed E-state index contributed by atoms with van der Waals surface area (Å²) in [4.78, 5) is 168. The fourth-order valence-electron chi connectivity index (χ4n) is 15.8. The van der Waals surface area contributed by atoms with Crippen molar-refractivity contribution in [3.63, 3.8) is 0 Å². The molecule has 6 aliphatic rings. The van der Waals surface area contributed by atoms with Gasteiger partial charge in [-0.25, -0.2) is 0 Å². The van der Waals surface area contributed by atoms with Crippen molar-refractivity contribution in [2.45, 2.75) is 119 Å². The normalized spacial score (nSPS) is 14.2. The second kappa shape index (κ2) is 38.7. The zero-order valence-electron chi connectivity index (χ0n) is 66.6. The summed E-state index contributed by atoms with van der Waals surface area (Å²) in [6, 6.07) is 41.5. The molecular formula is C90H96N6O18. The zero-order chi connectivity index (χ0) is 82.2. The first-order valence-corrected chi connectivity index (χ1v) is 38.2. The molecule has 6 amide bonds. The van der Waals surface area contributed by atoms with Gasteiger partial charge in [0.15, 0.2) is 0 Å². The monoisotopic (exact) mass is 1550 g/mol. The molecule has 114 heavy (non-hydrogen) atoms. The summed E-state index contributed by atoms with van der Waals surface area (Å²) in [5.74, 6) is -7.11. The largest absolute Gasteiger partial charge is 0.382 e. The Bertz CT molecular complexity index is 4240. The minimum Gasteiger partial charge on any atom is -0.382 e. The van der Waals surface area contributed by atoms with Gasteiger partial charge in [-0.15, -0.1) is 0 Å². The summed E-state index contributed by atoms with van der Waals surface area (Å²) >= 11 is 0. The smallest absolute Gasteiger partial charge is 0.299 e. The van der Waals surface area contributed by atoms with Gasteiger partial charge >= 0.3 is 0 Å². The molecule has 8 aromatic carbocycles. The summed E-state index contributed by atoms with van der Waals surface area (Å²) in [5.41, 5.74) is 15.8. The van der Waals surface area contributed by atoms with Crippen molar-refractivity contribution in [2.75, 3.05) is 112 Å². The van der Waals surface area contributed by atoms with E-state index in [1.165, 1.54) is 29.4 Å². The van der Waals surface area contributed by atoms with Crippen LogP contribution in [0.25, 0.3) is 0 Å². The van der Waals surface area contributed by atoms with E-state index in [0.29, 0.717) is 146 Å². The molecule has 0 radical (unpaired) electrons. The Hall–Kier alpha value is -11.6. The third kappa shape index (κ3) is 16.7. The molecule has 594 valence electrons. The summed E-state index contributed by atoms with van der Waals surface area (Å²) < 4.78 is 27.9. The molecule has 0 atom stereocenters. The summed E-state index contributed by atoms with van der Waals surface area (Å²) in [5, 5.41) is 0. The Morgan fingerprint density at radius 3 is 0.430 bits per heavy atom. The first-order valence-electron chi connectivity index (χ1n) is 38.2. The van der Waals surface area contributed by atoms with Gasteiger partial charge in [0.1, 0.15) is 0 Å². The van der Waals surface area contributed by atoms with Crippen LogP contribution in [0.1, 0.15) is 170 Å². The van der Waals surface area contributed by atoms with Crippen molar-refractivity contribution in [1.29, 1.82) is 0 Å². The number of Topliss-reactive ketones (excluding diaryl/α,β-unsaturated/α-hetero) is 6. The Labute approximate surface area is 663 Å². The van der Waals surface area contributed by atoms with E-state index in [9.17, 15) is 57.5 Å². The molecule has 0 bridgehead atoms. The van der Waals surface area contributed by atoms with Gasteiger partial charge in [-0.05, 0) is 178 Å². The van der Waals surface area contributed by atoms with Gasteiger partial charge in [0.25, 0.3) is 70.1 Å². The number of anilines is 6. The molecule has 0 unspecified atom stereocenters. The predicted molar refractivity (Wildman–Crippen MR) is 432 cm³/mol. The van der Waals surface area contributed by atoms with Crippen LogP contribution >= 0.6 is 0 Å². The molecule has 24 nitrogen and oxygen atoms in total. The summed E-state index contributed by atoms with van der Waals surface area (Å²) in [6.07, 6.45) is 3.27. The number of ether oxygens (including phenoxy) is 6. The quantitative estimate of drug-likeness (QED) is 0.0341. The van der Waals surface area contributed by atoms with Crippen molar-refractivity contribution in [1.82, 2.24) is 0 Å². The van der Waals surface area contributed by atoms with E-state index in [1.807, 2.05) is 41.5 Å². The number of benzene rings is 8. The summed E-state index contributed by atoms with van der Waals surface area (Å²) in [7, 11) is 9.91. The average Bonchev–Trinajstić information content (AvgIpc) is 1.44. The van der Waals surface area contributed by atoms with E-state index >= 15 is 0 Å². The fourth-order valence-corrected chi connectivity index (χ4v) is 15.8. The second-order valence-electron chi connectivity index (χ2n) is 27.2. The van der Waals surface area contributed by atoms with E-state index in [2.05, 4.69) is 28.4 Å². The molecule has 6 heterocycles. The van der Waals surface area contributed by atoms with E-state index in [0.717, 1.165) is 66.8 Å². The molecule has 0 fully saturated rings. The van der Waals surface area contributed by atoms with Gasteiger partial charge in [-0.3, -0.25) is 57.5 Å². The number of para-hydroxylation sites is 6. The number of fused-ring (bicyclic) bond motifs is 6. The topological polar surface area (TPSA) is 280 Å². The van der Waals surface area contributed by atoms with E-state index < -0.39 is 70.1 Å². The van der Waals surface area contributed by atoms with Gasteiger partial charge in [0.2, 0.25) is 0 Å². The average molecular weight is 1550 g/mol. The highest BCUT2D eigenvalue weighted by molar-refractivity contribution is 6.55. The second-order valence-corrected chi connectivity index (χ2v) is 27.2. The van der Waals surface area contributed by atoms with Crippen LogP contribution in [0, 0.1) is 0 Å². The number of carbonyl (C=O) groups excluding carboxylic acids is 12. The molecule has 0 N–H and O–H groups in total. The highest BCUT2D eigenvalue weighted by Gasteiger charge is 2.44. The standard InChI is InChI=1S/2C39H33N3O6.3C4H10O2/c2*1-4-22-28(19-40-31-16-10-7-13-25(31)34(43)37(40)46)23(5-2)30(21-42-33-18-12-9-15-27(33)36(45)39(42)48)24(6-3)29(22)20-41-32-17-11-8-14-26(32)35(44)38(41)47;3*1-5-3-4-6-2/h2*7-18H,4-6,19-21H2,1-3H3;3*3-4H2,1-2H3. The van der Waals surface area contributed by atoms with Crippen LogP contribution in [0.3, 0.4) is 0 Å². The third-order valence-electron chi connectivity index (χ3n) is 21.1. The van der Waals surface area contributed by atoms with Crippen LogP contribution in [0.5, 0.6) is 0 Å². The maximum Gasteiger partial charge on any atom is 0.299 e. The Morgan fingerprint density at radius 2 is 0.316 bits per heavy atom. The Morgan fingerprint density at radius 1 is 0.193 bits per heavy atom. The van der Waals surface area contributed by atoms with Crippen molar-refractivity contribution in [2.24, 2.45) is 0 Å². The van der Waals surface area contributed by atoms with Crippen LogP contribution in [0.4, 0.5) is 34.1 Å².